The van der Waals surface area contributed by atoms with E-state index in [0.717, 1.165) is 16.4 Å². The van der Waals surface area contributed by atoms with Crippen LogP contribution >= 0.6 is 23.2 Å². The van der Waals surface area contributed by atoms with Gasteiger partial charge in [-0.1, -0.05) is 29.3 Å². The highest BCUT2D eigenvalue weighted by atomic mass is 35.5. The summed E-state index contributed by atoms with van der Waals surface area (Å²) >= 11 is 11.7. The maximum atomic E-state index is 5.88. The summed E-state index contributed by atoms with van der Waals surface area (Å²) < 4.78 is 0. The summed E-state index contributed by atoms with van der Waals surface area (Å²) in [5.74, 6) is 0. The highest BCUT2D eigenvalue weighted by molar-refractivity contribution is 6.31. The quantitative estimate of drug-likeness (QED) is 0.796. The van der Waals surface area contributed by atoms with Crippen molar-refractivity contribution in [1.82, 2.24) is 0 Å². The molecule has 0 heterocycles. The highest BCUT2D eigenvalue weighted by Crippen LogP contribution is 2.21. The van der Waals surface area contributed by atoms with E-state index in [-0.39, 0.29) is 0 Å². The van der Waals surface area contributed by atoms with Crippen molar-refractivity contribution >= 4 is 34.6 Å². The fraction of sp³-hybridized carbons (Fsp3) is 0. The molecule has 2 aromatic carbocycles. The molecule has 3 heteroatoms. The predicted molar refractivity (Wildman–Crippen MR) is 66.2 cm³/mol. The Balaban J connectivity index is 2.18. The summed E-state index contributed by atoms with van der Waals surface area (Å²) in [7, 11) is 0. The van der Waals surface area contributed by atoms with E-state index in [1.807, 2.05) is 48.5 Å². The zero-order valence-electron chi connectivity index (χ0n) is 7.87. The van der Waals surface area contributed by atoms with Gasteiger partial charge in [0.25, 0.3) is 0 Å². The van der Waals surface area contributed by atoms with Crippen LogP contribution in [0.4, 0.5) is 11.4 Å². The van der Waals surface area contributed by atoms with Crippen LogP contribution in [0.25, 0.3) is 0 Å². The molecule has 0 aromatic heterocycles. The first-order valence-electron chi connectivity index (χ1n) is 4.52. The molecule has 2 rings (SSSR count). The normalized spacial score (nSPS) is 10.0. The molecule has 1 nitrogen and oxygen atoms in total. The monoisotopic (exact) mass is 237 g/mol. The number of benzene rings is 2. The maximum absolute atomic E-state index is 5.88. The molecule has 0 spiro atoms. The van der Waals surface area contributed by atoms with Crippen LogP contribution in [0.3, 0.4) is 0 Å². The molecule has 0 aliphatic carbocycles. The van der Waals surface area contributed by atoms with Crippen LogP contribution in [-0.4, -0.2) is 0 Å². The molecule has 0 unspecified atom stereocenters. The van der Waals surface area contributed by atoms with Crippen LogP contribution in [0.5, 0.6) is 0 Å². The minimum Gasteiger partial charge on any atom is -0.355 e. The van der Waals surface area contributed by atoms with Crippen LogP contribution in [0.2, 0.25) is 10.0 Å². The summed E-state index contributed by atoms with van der Waals surface area (Å²) in [6.07, 6.45) is 0. The zero-order chi connectivity index (χ0) is 10.7. The SMILES string of the molecule is Clc1ccc(Nc2cccc(Cl)c2)cc1. The summed E-state index contributed by atoms with van der Waals surface area (Å²) in [6.45, 7) is 0. The van der Waals surface area contributed by atoms with E-state index in [1.54, 1.807) is 0 Å². The predicted octanol–water partition coefficient (Wildman–Crippen LogP) is 4.74. The lowest BCUT2D eigenvalue weighted by atomic mass is 10.3. The number of hydrogen-bond donors (Lipinski definition) is 1. The molecule has 0 radical (unpaired) electrons. The molecule has 76 valence electrons. The molecule has 1 N–H and O–H groups in total. The molecule has 0 aliphatic heterocycles. The van der Waals surface area contributed by atoms with Crippen LogP contribution in [0, 0.1) is 0 Å². The standard InChI is InChI=1S/C12H9Cl2N/c13-9-4-6-11(7-5-9)15-12-3-1-2-10(14)8-12/h1-8,15H. The number of nitrogens with one attached hydrogen (secondary N) is 1. The summed E-state index contributed by atoms with van der Waals surface area (Å²) in [5.41, 5.74) is 1.95. The number of hydrogen-bond acceptors (Lipinski definition) is 1. The molecule has 0 bridgehead atoms. The number of halogens is 2. The van der Waals surface area contributed by atoms with Gasteiger partial charge in [-0.2, -0.15) is 0 Å². The molecular formula is C12H9Cl2N. The second-order valence-electron chi connectivity index (χ2n) is 3.14. The lowest BCUT2D eigenvalue weighted by molar-refractivity contribution is 1.55. The third kappa shape index (κ3) is 2.88. The Hall–Kier alpha value is -1.18. The van der Waals surface area contributed by atoms with Crippen molar-refractivity contribution in [3.05, 3.63) is 58.6 Å². The molecular weight excluding hydrogens is 229 g/mol. The minimum atomic E-state index is 0.717. The van der Waals surface area contributed by atoms with Gasteiger partial charge in [0.1, 0.15) is 0 Å². The summed E-state index contributed by atoms with van der Waals surface area (Å²) in [4.78, 5) is 0. The second kappa shape index (κ2) is 4.56. The molecule has 0 atom stereocenters. The molecule has 2 aromatic rings. The van der Waals surface area contributed by atoms with E-state index in [4.69, 9.17) is 23.2 Å². The van der Waals surface area contributed by atoms with Gasteiger partial charge in [0.2, 0.25) is 0 Å². The molecule has 0 amide bonds. The fourth-order valence-electron chi connectivity index (χ4n) is 1.27. The Morgan fingerprint density at radius 1 is 0.733 bits per heavy atom. The van der Waals surface area contributed by atoms with Crippen molar-refractivity contribution < 1.29 is 0 Å². The largest absolute Gasteiger partial charge is 0.355 e. The molecule has 0 saturated heterocycles. The first-order chi connectivity index (χ1) is 7.24. The topological polar surface area (TPSA) is 12.0 Å². The minimum absolute atomic E-state index is 0.717. The van der Waals surface area contributed by atoms with Crippen molar-refractivity contribution in [3.63, 3.8) is 0 Å². The van der Waals surface area contributed by atoms with Crippen LogP contribution in [0.1, 0.15) is 0 Å². The highest BCUT2D eigenvalue weighted by Gasteiger charge is 1.95. The summed E-state index contributed by atoms with van der Waals surface area (Å²) in [5, 5.41) is 4.67. The van der Waals surface area contributed by atoms with Crippen LogP contribution in [0.15, 0.2) is 48.5 Å². The fourth-order valence-corrected chi connectivity index (χ4v) is 1.58. The van der Waals surface area contributed by atoms with Gasteiger partial charge in [-0.25, -0.2) is 0 Å². The third-order valence-electron chi connectivity index (χ3n) is 1.96. The Morgan fingerprint density at radius 3 is 2.13 bits per heavy atom. The molecule has 0 aliphatic rings. The smallest absolute Gasteiger partial charge is 0.0426 e. The second-order valence-corrected chi connectivity index (χ2v) is 4.02. The van der Waals surface area contributed by atoms with Gasteiger partial charge in [-0.15, -0.1) is 0 Å². The number of anilines is 2. The third-order valence-corrected chi connectivity index (χ3v) is 2.44. The van der Waals surface area contributed by atoms with E-state index in [9.17, 15) is 0 Å². The van der Waals surface area contributed by atoms with Crippen molar-refractivity contribution in [1.29, 1.82) is 0 Å². The Morgan fingerprint density at radius 2 is 1.47 bits per heavy atom. The van der Waals surface area contributed by atoms with Gasteiger partial charge in [0, 0.05) is 21.4 Å². The lowest BCUT2D eigenvalue weighted by Gasteiger charge is -2.06. The van der Waals surface area contributed by atoms with Crippen LogP contribution < -0.4 is 5.32 Å². The Labute approximate surface area is 98.6 Å². The first-order valence-corrected chi connectivity index (χ1v) is 5.28. The van der Waals surface area contributed by atoms with Gasteiger partial charge < -0.3 is 5.32 Å². The van der Waals surface area contributed by atoms with E-state index >= 15 is 0 Å². The van der Waals surface area contributed by atoms with E-state index in [0.29, 0.717) is 5.02 Å². The molecule has 15 heavy (non-hydrogen) atoms. The molecule has 0 fully saturated rings. The van der Waals surface area contributed by atoms with Crippen molar-refractivity contribution in [2.75, 3.05) is 5.32 Å². The van der Waals surface area contributed by atoms with E-state index in [2.05, 4.69) is 5.32 Å². The van der Waals surface area contributed by atoms with Crippen molar-refractivity contribution in [2.24, 2.45) is 0 Å². The summed E-state index contributed by atoms with van der Waals surface area (Å²) in [6, 6.07) is 15.1. The average molecular weight is 238 g/mol. The van der Waals surface area contributed by atoms with Gasteiger partial charge in [-0.05, 0) is 42.5 Å². The number of rotatable bonds is 2. The Kier molecular flexibility index (Phi) is 3.14. The van der Waals surface area contributed by atoms with Crippen molar-refractivity contribution in [3.8, 4) is 0 Å². The first kappa shape index (κ1) is 10.3. The van der Waals surface area contributed by atoms with Gasteiger partial charge in [0.05, 0.1) is 0 Å². The Bertz CT molecular complexity index is 451. The zero-order valence-corrected chi connectivity index (χ0v) is 9.39. The van der Waals surface area contributed by atoms with Gasteiger partial charge in [0.15, 0.2) is 0 Å². The van der Waals surface area contributed by atoms with E-state index < -0.39 is 0 Å². The average Bonchev–Trinajstić information content (AvgIpc) is 2.22. The van der Waals surface area contributed by atoms with Gasteiger partial charge in [-0.3, -0.25) is 0 Å². The molecule has 0 saturated carbocycles. The lowest BCUT2D eigenvalue weighted by Crippen LogP contribution is -1.88. The maximum Gasteiger partial charge on any atom is 0.0426 e. The van der Waals surface area contributed by atoms with E-state index in [1.165, 1.54) is 0 Å². The van der Waals surface area contributed by atoms with Crippen LogP contribution in [-0.2, 0) is 0 Å². The van der Waals surface area contributed by atoms with Crippen molar-refractivity contribution in [2.45, 2.75) is 0 Å². The van der Waals surface area contributed by atoms with Gasteiger partial charge >= 0.3 is 0 Å².